The SMILES string of the molecule is CCCC(C)(CC(CC)CC)C(=O)O. The summed E-state index contributed by atoms with van der Waals surface area (Å²) in [5.74, 6) is -0.0751. The van der Waals surface area contributed by atoms with Crippen LogP contribution in [0.4, 0.5) is 0 Å². The molecule has 0 saturated carbocycles. The second-order valence-corrected chi connectivity index (χ2v) is 4.50. The van der Waals surface area contributed by atoms with Gasteiger partial charge in [0.1, 0.15) is 0 Å². The number of rotatable bonds is 7. The first kappa shape index (κ1) is 13.5. The highest BCUT2D eigenvalue weighted by Crippen LogP contribution is 2.34. The predicted molar refractivity (Wildman–Crippen MR) is 59.3 cm³/mol. The summed E-state index contributed by atoms with van der Waals surface area (Å²) in [5.41, 5.74) is -0.508. The average Bonchev–Trinajstić information content (AvgIpc) is 2.14. The minimum atomic E-state index is -0.633. The van der Waals surface area contributed by atoms with Crippen LogP contribution in [0.15, 0.2) is 0 Å². The summed E-state index contributed by atoms with van der Waals surface area (Å²) in [4.78, 5) is 11.2. The third kappa shape index (κ3) is 3.69. The zero-order valence-electron chi connectivity index (χ0n) is 9.97. The molecular formula is C12H24O2. The molecule has 0 spiro atoms. The van der Waals surface area contributed by atoms with Crippen molar-refractivity contribution in [3.63, 3.8) is 0 Å². The molecule has 0 aliphatic carbocycles. The van der Waals surface area contributed by atoms with Crippen LogP contribution in [0.1, 0.15) is 59.8 Å². The molecule has 0 aliphatic rings. The van der Waals surface area contributed by atoms with E-state index in [1.165, 1.54) is 0 Å². The first-order valence-electron chi connectivity index (χ1n) is 5.73. The van der Waals surface area contributed by atoms with Crippen molar-refractivity contribution in [1.82, 2.24) is 0 Å². The van der Waals surface area contributed by atoms with Crippen LogP contribution in [0.3, 0.4) is 0 Å². The van der Waals surface area contributed by atoms with Crippen LogP contribution in [0.2, 0.25) is 0 Å². The summed E-state index contributed by atoms with van der Waals surface area (Å²) in [6, 6.07) is 0. The summed E-state index contributed by atoms with van der Waals surface area (Å²) >= 11 is 0. The van der Waals surface area contributed by atoms with Gasteiger partial charge in [-0.1, -0.05) is 40.0 Å². The molecule has 0 amide bonds. The van der Waals surface area contributed by atoms with Gasteiger partial charge in [-0.25, -0.2) is 0 Å². The molecule has 0 rings (SSSR count). The minimum absolute atomic E-state index is 0.508. The van der Waals surface area contributed by atoms with E-state index in [1.807, 2.05) is 13.8 Å². The van der Waals surface area contributed by atoms with Crippen LogP contribution in [-0.4, -0.2) is 11.1 Å². The Kier molecular flexibility index (Phi) is 5.82. The standard InChI is InChI=1S/C12H24O2/c1-5-8-12(4,11(13)14)9-10(6-2)7-3/h10H,5-9H2,1-4H3,(H,13,14). The Morgan fingerprint density at radius 1 is 1.29 bits per heavy atom. The molecule has 1 unspecified atom stereocenters. The van der Waals surface area contributed by atoms with Gasteiger partial charge in [-0.15, -0.1) is 0 Å². The fourth-order valence-corrected chi connectivity index (χ4v) is 2.06. The van der Waals surface area contributed by atoms with Gasteiger partial charge in [0.15, 0.2) is 0 Å². The molecule has 0 saturated heterocycles. The number of hydrogen-bond donors (Lipinski definition) is 1. The Labute approximate surface area is 87.7 Å². The fraction of sp³-hybridized carbons (Fsp3) is 0.917. The smallest absolute Gasteiger partial charge is 0.309 e. The Balaban J connectivity index is 4.42. The van der Waals surface area contributed by atoms with Gasteiger partial charge < -0.3 is 5.11 Å². The number of hydrogen-bond acceptors (Lipinski definition) is 1. The van der Waals surface area contributed by atoms with Gasteiger partial charge in [-0.3, -0.25) is 4.79 Å². The van der Waals surface area contributed by atoms with Crippen molar-refractivity contribution in [2.24, 2.45) is 11.3 Å². The molecule has 84 valence electrons. The van der Waals surface area contributed by atoms with Crippen molar-refractivity contribution in [3.8, 4) is 0 Å². The van der Waals surface area contributed by atoms with Crippen LogP contribution < -0.4 is 0 Å². The maximum absolute atomic E-state index is 11.2. The monoisotopic (exact) mass is 200 g/mol. The van der Waals surface area contributed by atoms with E-state index in [-0.39, 0.29) is 0 Å². The molecule has 0 heterocycles. The molecule has 2 heteroatoms. The quantitative estimate of drug-likeness (QED) is 0.680. The van der Waals surface area contributed by atoms with E-state index in [0.29, 0.717) is 5.92 Å². The molecule has 0 bridgehead atoms. The Morgan fingerprint density at radius 2 is 1.79 bits per heavy atom. The van der Waals surface area contributed by atoms with Gasteiger partial charge >= 0.3 is 5.97 Å². The van der Waals surface area contributed by atoms with Gasteiger partial charge in [0.2, 0.25) is 0 Å². The molecular weight excluding hydrogens is 176 g/mol. The predicted octanol–water partition coefficient (Wildman–Crippen LogP) is 3.70. The molecule has 0 aromatic carbocycles. The fourth-order valence-electron chi connectivity index (χ4n) is 2.06. The van der Waals surface area contributed by atoms with Crippen molar-refractivity contribution in [2.75, 3.05) is 0 Å². The first-order chi connectivity index (χ1) is 6.50. The van der Waals surface area contributed by atoms with Gasteiger partial charge in [0, 0.05) is 0 Å². The molecule has 0 aromatic rings. The topological polar surface area (TPSA) is 37.3 Å². The first-order valence-corrected chi connectivity index (χ1v) is 5.73. The van der Waals surface area contributed by atoms with Crippen molar-refractivity contribution < 1.29 is 9.90 Å². The lowest BCUT2D eigenvalue weighted by Gasteiger charge is -2.28. The summed E-state index contributed by atoms with van der Waals surface area (Å²) < 4.78 is 0. The minimum Gasteiger partial charge on any atom is -0.481 e. The van der Waals surface area contributed by atoms with Gasteiger partial charge in [0.25, 0.3) is 0 Å². The summed E-state index contributed by atoms with van der Waals surface area (Å²) in [5, 5.41) is 9.20. The highest BCUT2D eigenvalue weighted by Gasteiger charge is 2.33. The van der Waals surface area contributed by atoms with E-state index in [0.717, 1.165) is 32.1 Å². The van der Waals surface area contributed by atoms with Crippen molar-refractivity contribution in [1.29, 1.82) is 0 Å². The maximum Gasteiger partial charge on any atom is 0.309 e. The third-order valence-electron chi connectivity index (χ3n) is 3.21. The largest absolute Gasteiger partial charge is 0.481 e. The Morgan fingerprint density at radius 3 is 2.07 bits per heavy atom. The van der Waals surface area contributed by atoms with Gasteiger partial charge in [-0.05, 0) is 25.7 Å². The summed E-state index contributed by atoms with van der Waals surface area (Å²) in [7, 11) is 0. The zero-order valence-corrected chi connectivity index (χ0v) is 9.97. The van der Waals surface area contributed by atoms with E-state index < -0.39 is 11.4 Å². The van der Waals surface area contributed by atoms with Gasteiger partial charge in [-0.2, -0.15) is 0 Å². The van der Waals surface area contributed by atoms with E-state index >= 15 is 0 Å². The van der Waals surface area contributed by atoms with Crippen LogP contribution in [-0.2, 0) is 4.79 Å². The second kappa shape index (κ2) is 6.05. The number of carboxylic acid groups (broad SMARTS) is 1. The zero-order chi connectivity index (χ0) is 11.2. The summed E-state index contributed by atoms with van der Waals surface area (Å²) in [6.45, 7) is 8.22. The van der Waals surface area contributed by atoms with E-state index in [2.05, 4.69) is 13.8 Å². The summed E-state index contributed by atoms with van der Waals surface area (Å²) in [6.07, 6.45) is 4.73. The van der Waals surface area contributed by atoms with Crippen molar-refractivity contribution in [2.45, 2.75) is 59.8 Å². The molecule has 1 N–H and O–H groups in total. The molecule has 1 atom stereocenters. The molecule has 0 fully saturated rings. The van der Waals surface area contributed by atoms with Crippen LogP contribution in [0.25, 0.3) is 0 Å². The Bertz CT molecular complexity index is 173. The molecule has 2 nitrogen and oxygen atoms in total. The van der Waals surface area contributed by atoms with Crippen molar-refractivity contribution >= 4 is 5.97 Å². The molecule has 0 aromatic heterocycles. The third-order valence-corrected chi connectivity index (χ3v) is 3.21. The van der Waals surface area contributed by atoms with E-state index in [1.54, 1.807) is 0 Å². The lowest BCUT2D eigenvalue weighted by molar-refractivity contribution is -0.149. The van der Waals surface area contributed by atoms with Crippen LogP contribution in [0, 0.1) is 11.3 Å². The molecule has 0 radical (unpaired) electrons. The molecule has 14 heavy (non-hydrogen) atoms. The highest BCUT2D eigenvalue weighted by atomic mass is 16.4. The van der Waals surface area contributed by atoms with E-state index in [9.17, 15) is 9.90 Å². The average molecular weight is 200 g/mol. The van der Waals surface area contributed by atoms with Crippen molar-refractivity contribution in [3.05, 3.63) is 0 Å². The normalized spacial score (nSPS) is 15.5. The lowest BCUT2D eigenvalue weighted by Crippen LogP contribution is -2.30. The number of carboxylic acids is 1. The van der Waals surface area contributed by atoms with Crippen LogP contribution >= 0.6 is 0 Å². The second-order valence-electron chi connectivity index (χ2n) is 4.50. The number of carbonyl (C=O) groups is 1. The number of aliphatic carboxylic acids is 1. The highest BCUT2D eigenvalue weighted by molar-refractivity contribution is 5.74. The Hall–Kier alpha value is -0.530. The van der Waals surface area contributed by atoms with Gasteiger partial charge in [0.05, 0.1) is 5.41 Å². The van der Waals surface area contributed by atoms with Crippen LogP contribution in [0.5, 0.6) is 0 Å². The maximum atomic E-state index is 11.2. The lowest BCUT2D eigenvalue weighted by atomic mass is 9.76. The van der Waals surface area contributed by atoms with E-state index in [4.69, 9.17) is 0 Å². The molecule has 0 aliphatic heterocycles.